The highest BCUT2D eigenvalue weighted by atomic mass is 19.1. The lowest BCUT2D eigenvalue weighted by atomic mass is 9.90. The van der Waals surface area contributed by atoms with Crippen LogP contribution in [0, 0.1) is 18.6 Å². The summed E-state index contributed by atoms with van der Waals surface area (Å²) in [7, 11) is 0. The number of hydrogen-bond donors (Lipinski definition) is 2. The Balaban J connectivity index is 2.13. The van der Waals surface area contributed by atoms with Gasteiger partial charge in [-0.15, -0.1) is 13.2 Å². The Morgan fingerprint density at radius 1 is 1.18 bits per heavy atom. The van der Waals surface area contributed by atoms with Crippen LogP contribution in [0.3, 0.4) is 0 Å². The number of nitrogens with one attached hydrogen (secondary N) is 1. The molecule has 1 aliphatic rings. The van der Waals surface area contributed by atoms with Crippen LogP contribution in [0.15, 0.2) is 49.6 Å². The number of aliphatic hydroxyl groups excluding tert-OH is 1. The van der Waals surface area contributed by atoms with E-state index >= 15 is 4.39 Å². The molecule has 0 spiro atoms. The van der Waals surface area contributed by atoms with Gasteiger partial charge in [0.25, 0.3) is 0 Å². The van der Waals surface area contributed by atoms with Gasteiger partial charge in [-0.25, -0.2) is 8.78 Å². The van der Waals surface area contributed by atoms with Crippen molar-refractivity contribution < 1.29 is 33.0 Å². The van der Waals surface area contributed by atoms with Crippen LogP contribution in [-0.4, -0.2) is 36.3 Å². The van der Waals surface area contributed by atoms with Crippen molar-refractivity contribution in [3.8, 4) is 16.9 Å². The molecule has 8 heteroatoms. The summed E-state index contributed by atoms with van der Waals surface area (Å²) in [6.45, 7) is 11.1. The lowest BCUT2D eigenvalue weighted by Crippen LogP contribution is -2.38. The Morgan fingerprint density at radius 3 is 2.56 bits per heavy atom. The largest absolute Gasteiger partial charge is 0.493 e. The number of hydrogen-bond acceptors (Lipinski definition) is 5. The molecule has 2 N–H and O–H groups in total. The quantitative estimate of drug-likeness (QED) is 0.159. The number of benzene rings is 2. The number of amides is 1. The predicted molar refractivity (Wildman–Crippen MR) is 146 cm³/mol. The first-order valence-electron chi connectivity index (χ1n) is 13.3. The van der Waals surface area contributed by atoms with E-state index in [1.54, 1.807) is 32.1 Å². The number of carbonyl (C=O) groups excluding carboxylic acids is 2. The number of carbonyl (C=O) groups is 2. The van der Waals surface area contributed by atoms with E-state index in [0.29, 0.717) is 41.0 Å². The molecule has 0 aromatic heterocycles. The van der Waals surface area contributed by atoms with Gasteiger partial charge in [0.05, 0.1) is 25.7 Å². The Hall–Kier alpha value is -3.52. The normalized spacial score (nSPS) is 14.3. The van der Waals surface area contributed by atoms with Crippen molar-refractivity contribution in [2.45, 2.75) is 70.4 Å². The fraction of sp³-hybridized carbons (Fsp3) is 0.419. The van der Waals surface area contributed by atoms with E-state index in [4.69, 9.17) is 9.47 Å². The summed E-state index contributed by atoms with van der Waals surface area (Å²) in [6, 6.07) is 4.88. The Morgan fingerprint density at radius 2 is 1.92 bits per heavy atom. The van der Waals surface area contributed by atoms with Crippen LogP contribution >= 0.6 is 0 Å². The molecule has 1 amide bonds. The van der Waals surface area contributed by atoms with E-state index in [1.165, 1.54) is 18.2 Å². The highest BCUT2D eigenvalue weighted by molar-refractivity contribution is 5.82. The second kappa shape index (κ2) is 14.0. The molecule has 0 aliphatic heterocycles. The first-order valence-corrected chi connectivity index (χ1v) is 13.3. The van der Waals surface area contributed by atoms with Crippen LogP contribution in [-0.2, 0) is 14.3 Å². The highest BCUT2D eigenvalue weighted by Gasteiger charge is 2.32. The number of esters is 1. The molecule has 2 aromatic rings. The average Bonchev–Trinajstić information content (AvgIpc) is 3.72. The molecular weight excluding hydrogens is 504 g/mol. The average molecular weight is 542 g/mol. The molecule has 0 bridgehead atoms. The molecule has 0 saturated heterocycles. The van der Waals surface area contributed by atoms with Crippen LogP contribution < -0.4 is 10.1 Å². The number of allylic oxidation sites excluding steroid dienone is 1. The molecule has 1 fully saturated rings. The smallest absolute Gasteiger partial charge is 0.308 e. The molecule has 0 radical (unpaired) electrons. The van der Waals surface area contributed by atoms with Gasteiger partial charge < -0.3 is 19.9 Å². The minimum absolute atomic E-state index is 0.00483. The van der Waals surface area contributed by atoms with Crippen molar-refractivity contribution in [3.05, 3.63) is 77.9 Å². The van der Waals surface area contributed by atoms with Gasteiger partial charge >= 0.3 is 5.97 Å². The summed E-state index contributed by atoms with van der Waals surface area (Å²) < 4.78 is 41.5. The SMILES string of the molecule is C=CCCCOc1cc(F)cc(C)c1-c1cc(C2CC2)c(F)c([C@H](CC(=O)OCC)NC(=O)[C@H](O)CC=C)c1. The van der Waals surface area contributed by atoms with Crippen LogP contribution in [0.5, 0.6) is 5.75 Å². The van der Waals surface area contributed by atoms with Crippen molar-refractivity contribution in [2.24, 2.45) is 0 Å². The monoisotopic (exact) mass is 541 g/mol. The fourth-order valence-corrected chi connectivity index (χ4v) is 4.52. The van der Waals surface area contributed by atoms with Gasteiger partial charge in [-0.2, -0.15) is 0 Å². The zero-order chi connectivity index (χ0) is 28.5. The topological polar surface area (TPSA) is 84.9 Å². The van der Waals surface area contributed by atoms with E-state index < -0.39 is 35.7 Å². The van der Waals surface area contributed by atoms with Gasteiger partial charge in [-0.05, 0) is 80.3 Å². The third-order valence-corrected chi connectivity index (χ3v) is 6.57. The molecule has 0 unspecified atom stereocenters. The molecule has 6 nitrogen and oxygen atoms in total. The summed E-state index contributed by atoms with van der Waals surface area (Å²) in [6.07, 6.45) is 4.47. The number of halogens is 2. The number of rotatable bonds is 15. The molecule has 1 saturated carbocycles. The Kier molecular flexibility index (Phi) is 10.8. The molecule has 39 heavy (non-hydrogen) atoms. The first kappa shape index (κ1) is 30.0. The second-order valence-corrected chi connectivity index (χ2v) is 9.73. The third kappa shape index (κ3) is 7.99. The zero-order valence-corrected chi connectivity index (χ0v) is 22.6. The Bertz CT molecular complexity index is 1210. The number of aliphatic hydroxyl groups is 1. The van der Waals surface area contributed by atoms with E-state index in [0.717, 1.165) is 19.3 Å². The lowest BCUT2D eigenvalue weighted by molar-refractivity contribution is -0.144. The maximum Gasteiger partial charge on any atom is 0.308 e. The van der Waals surface area contributed by atoms with E-state index in [9.17, 15) is 19.1 Å². The maximum atomic E-state index is 16.0. The molecule has 0 heterocycles. The number of ether oxygens (including phenoxy) is 2. The standard InChI is InChI=1S/C31H37F2NO5/c1-5-8-9-13-39-27-17-22(32)14-19(4)29(27)21-15-23(20-11-12-20)30(33)24(16-21)25(18-28(36)38-7-3)34-31(37)26(35)10-6-2/h5-6,14-17,20,25-26,35H,1-2,7-13,18H2,3-4H3,(H,34,37)/t25-,26+/m0/s1. The van der Waals surface area contributed by atoms with Crippen molar-refractivity contribution >= 4 is 11.9 Å². The molecule has 1 aliphatic carbocycles. The van der Waals surface area contributed by atoms with Gasteiger partial charge in [0.1, 0.15) is 23.5 Å². The van der Waals surface area contributed by atoms with Crippen LogP contribution in [0.1, 0.15) is 74.1 Å². The first-order chi connectivity index (χ1) is 18.7. The maximum absolute atomic E-state index is 16.0. The number of aryl methyl sites for hydroxylation is 1. The van der Waals surface area contributed by atoms with Gasteiger partial charge in [0.15, 0.2) is 0 Å². The van der Waals surface area contributed by atoms with Crippen molar-refractivity contribution in [1.29, 1.82) is 0 Å². The summed E-state index contributed by atoms with van der Waals surface area (Å²) in [5.41, 5.74) is 2.33. The molecule has 3 rings (SSSR count). The summed E-state index contributed by atoms with van der Waals surface area (Å²) >= 11 is 0. The molecular formula is C31H37F2NO5. The van der Waals surface area contributed by atoms with Crippen LogP contribution in [0.2, 0.25) is 0 Å². The van der Waals surface area contributed by atoms with Gasteiger partial charge in [-0.3, -0.25) is 9.59 Å². The fourth-order valence-electron chi connectivity index (χ4n) is 4.52. The highest BCUT2D eigenvalue weighted by Crippen LogP contribution is 2.46. The summed E-state index contributed by atoms with van der Waals surface area (Å²) in [5.74, 6) is -2.05. The van der Waals surface area contributed by atoms with Crippen molar-refractivity contribution in [2.75, 3.05) is 13.2 Å². The van der Waals surface area contributed by atoms with Crippen molar-refractivity contribution in [3.63, 3.8) is 0 Å². The minimum atomic E-state index is -1.41. The predicted octanol–water partition coefficient (Wildman–Crippen LogP) is 6.21. The van der Waals surface area contributed by atoms with Gasteiger partial charge in [0, 0.05) is 23.6 Å². The van der Waals surface area contributed by atoms with E-state index in [-0.39, 0.29) is 30.9 Å². The summed E-state index contributed by atoms with van der Waals surface area (Å²) in [4.78, 5) is 25.2. The lowest BCUT2D eigenvalue weighted by Gasteiger charge is -2.23. The Labute approximate surface area is 228 Å². The molecule has 2 atom stereocenters. The van der Waals surface area contributed by atoms with E-state index in [2.05, 4.69) is 18.5 Å². The number of unbranched alkanes of at least 4 members (excludes halogenated alkanes) is 1. The molecule has 2 aromatic carbocycles. The van der Waals surface area contributed by atoms with Gasteiger partial charge in [-0.1, -0.05) is 12.2 Å². The molecule has 210 valence electrons. The van der Waals surface area contributed by atoms with E-state index in [1.807, 2.05) is 0 Å². The summed E-state index contributed by atoms with van der Waals surface area (Å²) in [5, 5.41) is 12.8. The second-order valence-electron chi connectivity index (χ2n) is 9.73. The zero-order valence-electron chi connectivity index (χ0n) is 22.6. The van der Waals surface area contributed by atoms with Gasteiger partial charge in [0.2, 0.25) is 5.91 Å². The van der Waals surface area contributed by atoms with Crippen molar-refractivity contribution in [1.82, 2.24) is 5.32 Å². The van der Waals surface area contributed by atoms with Crippen LogP contribution in [0.25, 0.3) is 11.1 Å². The third-order valence-electron chi connectivity index (χ3n) is 6.57. The van der Waals surface area contributed by atoms with Crippen LogP contribution in [0.4, 0.5) is 8.78 Å². The minimum Gasteiger partial charge on any atom is -0.493 e.